The van der Waals surface area contributed by atoms with E-state index < -0.39 is 24.2 Å². The van der Waals surface area contributed by atoms with Crippen molar-refractivity contribution in [3.8, 4) is 5.75 Å². The van der Waals surface area contributed by atoms with Gasteiger partial charge in [-0.05, 0) is 36.6 Å². The number of alkyl halides is 3. The highest BCUT2D eigenvalue weighted by atomic mass is 19.4. The molecule has 2 aromatic carbocycles. The van der Waals surface area contributed by atoms with Crippen LogP contribution in [0, 0.1) is 5.92 Å². The molecular weight excluding hydrogens is 489 g/mol. The van der Waals surface area contributed by atoms with E-state index >= 15 is 0 Å². The van der Waals surface area contributed by atoms with Gasteiger partial charge in [0, 0.05) is 43.5 Å². The Bertz CT molecular complexity index is 1270. The van der Waals surface area contributed by atoms with Crippen LogP contribution in [0.15, 0.2) is 72.8 Å². The lowest BCUT2D eigenvalue weighted by Crippen LogP contribution is -2.41. The van der Waals surface area contributed by atoms with Crippen LogP contribution in [0.4, 0.5) is 18.9 Å². The van der Waals surface area contributed by atoms with E-state index in [0.717, 1.165) is 5.56 Å². The summed E-state index contributed by atoms with van der Waals surface area (Å²) in [6, 6.07) is 15.4. The van der Waals surface area contributed by atoms with Crippen molar-refractivity contribution in [2.45, 2.75) is 25.7 Å². The Labute approximate surface area is 211 Å². The minimum atomic E-state index is -4.78. The molecular formula is C26H25F3N4O4. The number of nitrogens with one attached hydrogen (secondary N) is 1. The Morgan fingerprint density at radius 2 is 1.84 bits per heavy atom. The predicted octanol–water partition coefficient (Wildman–Crippen LogP) is 4.29. The van der Waals surface area contributed by atoms with Gasteiger partial charge in [0.05, 0.1) is 12.0 Å². The predicted molar refractivity (Wildman–Crippen MR) is 130 cm³/mol. The molecule has 194 valence electrons. The topological polar surface area (TPSA) is 96.7 Å². The highest BCUT2D eigenvalue weighted by Crippen LogP contribution is 2.29. The monoisotopic (exact) mass is 514 g/mol. The number of rotatable bonds is 8. The number of aromatic nitrogens is 2. The molecule has 1 fully saturated rings. The van der Waals surface area contributed by atoms with Crippen molar-refractivity contribution >= 4 is 23.6 Å². The first-order valence-electron chi connectivity index (χ1n) is 11.6. The maximum absolute atomic E-state index is 12.8. The smallest absolute Gasteiger partial charge is 0.477 e. The van der Waals surface area contributed by atoms with Crippen LogP contribution in [-0.4, -0.2) is 46.0 Å². The number of ether oxygens (including phenoxy) is 1. The average molecular weight is 515 g/mol. The van der Waals surface area contributed by atoms with Crippen molar-refractivity contribution in [3.63, 3.8) is 0 Å². The van der Waals surface area contributed by atoms with Crippen molar-refractivity contribution in [1.29, 1.82) is 0 Å². The highest BCUT2D eigenvalue weighted by molar-refractivity contribution is 5.97. The molecule has 0 bridgehead atoms. The molecule has 2 heterocycles. The Morgan fingerprint density at radius 1 is 1.11 bits per heavy atom. The third-order valence-electron chi connectivity index (χ3n) is 5.92. The van der Waals surface area contributed by atoms with Crippen molar-refractivity contribution in [3.05, 3.63) is 84.1 Å². The average Bonchev–Trinajstić information content (AvgIpc) is 3.30. The fourth-order valence-electron chi connectivity index (χ4n) is 4.14. The Kier molecular flexibility index (Phi) is 7.80. The van der Waals surface area contributed by atoms with Crippen LogP contribution >= 0.6 is 0 Å². The van der Waals surface area contributed by atoms with Gasteiger partial charge < -0.3 is 24.6 Å². The lowest BCUT2D eigenvalue weighted by molar-refractivity contribution is -0.274. The number of carboxylic acids is 1. The first kappa shape index (κ1) is 25.8. The number of hydrogen-bond acceptors (Lipinski definition) is 5. The molecule has 0 saturated carbocycles. The summed E-state index contributed by atoms with van der Waals surface area (Å²) in [5.74, 6) is -2.47. The number of carbonyl (C=O) groups is 2. The number of hydrogen-bond donors (Lipinski definition) is 2. The van der Waals surface area contributed by atoms with Gasteiger partial charge in [0.15, 0.2) is 0 Å². The van der Waals surface area contributed by atoms with Gasteiger partial charge in [-0.1, -0.05) is 36.4 Å². The van der Waals surface area contributed by atoms with E-state index in [1.807, 2.05) is 39.8 Å². The van der Waals surface area contributed by atoms with E-state index in [4.69, 9.17) is 0 Å². The van der Waals surface area contributed by atoms with Crippen molar-refractivity contribution < 1.29 is 32.6 Å². The summed E-state index contributed by atoms with van der Waals surface area (Å²) < 4.78 is 43.3. The number of benzene rings is 2. The van der Waals surface area contributed by atoms with Crippen LogP contribution in [0.2, 0.25) is 0 Å². The molecule has 0 unspecified atom stereocenters. The van der Waals surface area contributed by atoms with Gasteiger partial charge in [-0.2, -0.15) is 0 Å². The number of imidazole rings is 1. The second kappa shape index (κ2) is 11.2. The van der Waals surface area contributed by atoms with E-state index in [9.17, 15) is 27.9 Å². The first-order valence-corrected chi connectivity index (χ1v) is 11.6. The molecule has 1 aliphatic rings. The van der Waals surface area contributed by atoms with Crippen LogP contribution in [0.5, 0.6) is 5.75 Å². The van der Waals surface area contributed by atoms with Crippen LogP contribution in [-0.2, 0) is 16.1 Å². The van der Waals surface area contributed by atoms with E-state index in [-0.39, 0.29) is 11.4 Å². The van der Waals surface area contributed by atoms with Gasteiger partial charge in [-0.25, -0.2) is 9.78 Å². The fourth-order valence-corrected chi connectivity index (χ4v) is 4.14. The normalized spacial score (nSPS) is 14.9. The molecule has 3 aromatic rings. The number of amides is 1. The quantitative estimate of drug-likeness (QED) is 0.436. The number of aliphatic carboxylic acids is 1. The first-order chi connectivity index (χ1) is 17.7. The van der Waals surface area contributed by atoms with E-state index in [0.29, 0.717) is 43.9 Å². The molecule has 37 heavy (non-hydrogen) atoms. The molecule has 2 N–H and O–H groups in total. The molecule has 8 nitrogen and oxygen atoms in total. The highest BCUT2D eigenvalue weighted by Gasteiger charge is 2.32. The summed E-state index contributed by atoms with van der Waals surface area (Å²) in [6.45, 7) is 1.41. The minimum Gasteiger partial charge on any atom is -0.477 e. The maximum atomic E-state index is 12.8. The molecule has 1 saturated heterocycles. The number of nitrogens with zero attached hydrogens (tertiary/aromatic N) is 3. The zero-order chi connectivity index (χ0) is 26.4. The summed E-state index contributed by atoms with van der Waals surface area (Å²) in [5.41, 5.74) is 1.73. The molecule has 4 rings (SSSR count). The molecule has 0 aliphatic carbocycles. The van der Waals surface area contributed by atoms with E-state index in [1.165, 1.54) is 24.3 Å². The van der Waals surface area contributed by atoms with Gasteiger partial charge in [0.1, 0.15) is 11.4 Å². The summed E-state index contributed by atoms with van der Waals surface area (Å²) in [4.78, 5) is 30.6. The minimum absolute atomic E-state index is 0.283. The Balaban J connectivity index is 1.35. The molecule has 0 spiro atoms. The number of carboxylic acid groups (broad SMARTS) is 1. The molecule has 1 amide bonds. The van der Waals surface area contributed by atoms with Gasteiger partial charge >= 0.3 is 12.3 Å². The van der Waals surface area contributed by atoms with Crippen molar-refractivity contribution in [1.82, 2.24) is 14.9 Å². The number of carbonyl (C=O) groups excluding carboxylic acids is 1. The fraction of sp³-hybridized carbons (Fsp3) is 0.269. The number of piperidine rings is 1. The summed E-state index contributed by atoms with van der Waals surface area (Å²) in [7, 11) is 0. The standard InChI is InChI=1S/C26H25F3N4O4/c27-26(28,29)37-22-8-4-7-21(14-22)33-11-9-19(10-12-33)24(34)31-23(25(35)36)13-20-16-32(17-30-20)15-18-5-2-1-3-6-18/h1-8,13-14,16-17,19H,9-12,15H2,(H,31,34)(H,35,36)/b23-13+. The number of halogens is 3. The van der Waals surface area contributed by atoms with Crippen LogP contribution in [0.3, 0.4) is 0 Å². The van der Waals surface area contributed by atoms with Crippen LogP contribution < -0.4 is 15.0 Å². The van der Waals surface area contributed by atoms with Crippen LogP contribution in [0.1, 0.15) is 24.1 Å². The van der Waals surface area contributed by atoms with E-state index in [1.54, 1.807) is 18.6 Å². The Morgan fingerprint density at radius 3 is 2.51 bits per heavy atom. The largest absolute Gasteiger partial charge is 0.573 e. The third-order valence-corrected chi connectivity index (χ3v) is 5.92. The van der Waals surface area contributed by atoms with Gasteiger partial charge in [-0.15, -0.1) is 13.2 Å². The lowest BCUT2D eigenvalue weighted by atomic mass is 9.95. The summed E-state index contributed by atoms with van der Waals surface area (Å²) in [6.07, 6.45) is 0.632. The van der Waals surface area contributed by atoms with Gasteiger partial charge in [0.25, 0.3) is 0 Å². The zero-order valence-electron chi connectivity index (χ0n) is 19.7. The molecule has 0 radical (unpaired) electrons. The van der Waals surface area contributed by atoms with Crippen LogP contribution in [0.25, 0.3) is 6.08 Å². The summed E-state index contributed by atoms with van der Waals surface area (Å²) >= 11 is 0. The second-order valence-corrected chi connectivity index (χ2v) is 8.62. The summed E-state index contributed by atoms with van der Waals surface area (Å²) in [5, 5.41) is 12.1. The molecule has 1 aromatic heterocycles. The Hall–Kier alpha value is -4.28. The maximum Gasteiger partial charge on any atom is 0.573 e. The molecule has 11 heteroatoms. The molecule has 1 aliphatic heterocycles. The third kappa shape index (κ3) is 7.35. The zero-order valence-corrected chi connectivity index (χ0v) is 19.7. The SMILES string of the molecule is O=C(O)/C(=C\c1cn(Cc2ccccc2)cn1)NC(=O)C1CCN(c2cccc(OC(F)(F)F)c2)CC1. The van der Waals surface area contributed by atoms with Gasteiger partial charge in [0.2, 0.25) is 5.91 Å². The van der Waals surface area contributed by atoms with Crippen molar-refractivity contribution in [2.75, 3.05) is 18.0 Å². The van der Waals surface area contributed by atoms with Gasteiger partial charge in [-0.3, -0.25) is 4.79 Å². The van der Waals surface area contributed by atoms with Crippen molar-refractivity contribution in [2.24, 2.45) is 5.92 Å². The lowest BCUT2D eigenvalue weighted by Gasteiger charge is -2.33. The number of anilines is 1. The second-order valence-electron chi connectivity index (χ2n) is 8.62. The van der Waals surface area contributed by atoms with E-state index in [2.05, 4.69) is 15.0 Å². The molecule has 0 atom stereocenters.